The molecule has 0 saturated heterocycles. The zero-order chi connectivity index (χ0) is 19.9. The van der Waals surface area contributed by atoms with Gasteiger partial charge in [0.25, 0.3) is 0 Å². The maximum Gasteiger partial charge on any atom is 0.338 e. The van der Waals surface area contributed by atoms with Crippen LogP contribution in [0.3, 0.4) is 0 Å². The Labute approximate surface area is 166 Å². The van der Waals surface area contributed by atoms with E-state index in [4.69, 9.17) is 4.74 Å². The second kappa shape index (κ2) is 9.35. The van der Waals surface area contributed by atoms with E-state index in [1.807, 2.05) is 48.9 Å². The molecule has 2 aromatic heterocycles. The molecule has 0 amide bonds. The van der Waals surface area contributed by atoms with Crippen LogP contribution in [0.2, 0.25) is 0 Å². The van der Waals surface area contributed by atoms with Gasteiger partial charge in [-0.3, -0.25) is 0 Å². The summed E-state index contributed by atoms with van der Waals surface area (Å²) in [5.74, 6) is 1.09. The highest BCUT2D eigenvalue weighted by Gasteiger charge is 2.16. The van der Waals surface area contributed by atoms with Gasteiger partial charge < -0.3 is 14.6 Å². The molecule has 4 rings (SSSR count). The van der Waals surface area contributed by atoms with Gasteiger partial charge >= 0.3 is 5.97 Å². The van der Waals surface area contributed by atoms with Gasteiger partial charge in [-0.15, -0.1) is 0 Å². The molecule has 0 spiro atoms. The van der Waals surface area contributed by atoms with Crippen LogP contribution in [-0.2, 0) is 4.74 Å². The molecule has 1 saturated carbocycles. The van der Waals surface area contributed by atoms with Crippen molar-refractivity contribution in [2.45, 2.75) is 52.0 Å². The molecule has 0 unspecified atom stereocenters. The quantitative estimate of drug-likeness (QED) is 0.647. The number of anilines is 1. The minimum Gasteiger partial charge on any atom is -0.465 e. The van der Waals surface area contributed by atoms with Gasteiger partial charge in [0.2, 0.25) is 5.95 Å². The molecule has 6 nitrogen and oxygen atoms in total. The fourth-order valence-corrected chi connectivity index (χ4v) is 3.64. The van der Waals surface area contributed by atoms with E-state index in [0.717, 1.165) is 16.7 Å². The number of carbonyl (C=O) groups excluding carboxylic acids is 1. The number of nitrogens with zero attached hydrogens (tertiary/aromatic N) is 3. The zero-order valence-electron chi connectivity index (χ0n) is 16.8. The molecule has 0 radical (unpaired) electrons. The lowest BCUT2D eigenvalue weighted by molar-refractivity contribution is 0.0603. The molecular weight excluding hydrogens is 352 g/mol. The summed E-state index contributed by atoms with van der Waals surface area (Å²) in [5, 5.41) is 4.31. The molecule has 0 bridgehead atoms. The lowest BCUT2D eigenvalue weighted by Crippen LogP contribution is -2.23. The van der Waals surface area contributed by atoms with Gasteiger partial charge in [-0.25, -0.2) is 9.78 Å². The number of rotatable bonds is 4. The second-order valence-electron chi connectivity index (χ2n) is 6.63. The summed E-state index contributed by atoms with van der Waals surface area (Å²) in [6.45, 7) is 4.00. The van der Waals surface area contributed by atoms with Gasteiger partial charge in [-0.2, -0.15) is 4.98 Å². The van der Waals surface area contributed by atoms with E-state index in [2.05, 4.69) is 15.3 Å². The van der Waals surface area contributed by atoms with Crippen molar-refractivity contribution in [3.8, 4) is 5.82 Å². The first-order valence-corrected chi connectivity index (χ1v) is 10.0. The topological polar surface area (TPSA) is 69.0 Å². The van der Waals surface area contributed by atoms with Gasteiger partial charge in [0.05, 0.1) is 18.2 Å². The van der Waals surface area contributed by atoms with Crippen molar-refractivity contribution >= 4 is 22.8 Å². The molecule has 2 heterocycles. The molecule has 1 N–H and O–H groups in total. The number of fused-ring (bicyclic) bond motifs is 1. The lowest BCUT2D eigenvalue weighted by atomic mass is 9.96. The van der Waals surface area contributed by atoms with Crippen molar-refractivity contribution in [2.75, 3.05) is 12.4 Å². The number of nitrogens with one attached hydrogen (secondary N) is 1. The number of hydrogen-bond donors (Lipinski definition) is 1. The SMILES string of the molecule is CC.COC(=O)c1cccc2c1ccn2-c1ccnc(NC2CCCCC2)n1. The van der Waals surface area contributed by atoms with E-state index in [9.17, 15) is 4.79 Å². The Kier molecular flexibility index (Phi) is 6.63. The normalized spacial score (nSPS) is 14.2. The Hall–Kier alpha value is -2.89. The summed E-state index contributed by atoms with van der Waals surface area (Å²) in [5.41, 5.74) is 1.47. The van der Waals surface area contributed by atoms with Gasteiger partial charge in [-0.05, 0) is 37.1 Å². The second-order valence-corrected chi connectivity index (χ2v) is 6.63. The zero-order valence-corrected chi connectivity index (χ0v) is 16.8. The highest BCUT2D eigenvalue weighted by molar-refractivity contribution is 6.04. The first-order chi connectivity index (χ1) is 13.8. The average molecular weight is 380 g/mol. The summed E-state index contributed by atoms with van der Waals surface area (Å²) in [6, 6.07) is 9.83. The summed E-state index contributed by atoms with van der Waals surface area (Å²) < 4.78 is 6.85. The smallest absolute Gasteiger partial charge is 0.338 e. The molecule has 0 aliphatic heterocycles. The van der Waals surface area contributed by atoms with Crippen LogP contribution in [0, 0.1) is 0 Å². The molecule has 28 heavy (non-hydrogen) atoms. The van der Waals surface area contributed by atoms with E-state index in [0.29, 0.717) is 17.6 Å². The fourth-order valence-electron chi connectivity index (χ4n) is 3.64. The number of methoxy groups -OCH3 is 1. The van der Waals surface area contributed by atoms with Gasteiger partial charge in [0.15, 0.2) is 0 Å². The van der Waals surface area contributed by atoms with Crippen LogP contribution in [0.1, 0.15) is 56.3 Å². The average Bonchev–Trinajstić information content (AvgIpc) is 3.20. The number of carbonyl (C=O) groups is 1. The van der Waals surface area contributed by atoms with Crippen molar-refractivity contribution in [3.05, 3.63) is 48.3 Å². The van der Waals surface area contributed by atoms with Gasteiger partial charge in [0, 0.05) is 23.8 Å². The summed E-state index contributed by atoms with van der Waals surface area (Å²) in [7, 11) is 1.39. The number of hydrogen-bond acceptors (Lipinski definition) is 5. The van der Waals surface area contributed by atoms with Crippen LogP contribution >= 0.6 is 0 Å². The van der Waals surface area contributed by atoms with Crippen molar-refractivity contribution in [1.29, 1.82) is 0 Å². The molecule has 1 aliphatic carbocycles. The number of aromatic nitrogens is 3. The number of esters is 1. The largest absolute Gasteiger partial charge is 0.465 e. The van der Waals surface area contributed by atoms with Crippen LogP contribution < -0.4 is 5.32 Å². The third-order valence-electron chi connectivity index (χ3n) is 4.96. The van der Waals surface area contributed by atoms with E-state index in [1.54, 1.807) is 12.3 Å². The molecule has 1 aliphatic rings. The van der Waals surface area contributed by atoms with E-state index >= 15 is 0 Å². The Balaban J connectivity index is 0.00000109. The lowest BCUT2D eigenvalue weighted by Gasteiger charge is -2.22. The summed E-state index contributed by atoms with van der Waals surface area (Å²) in [6.07, 6.45) is 9.86. The number of benzene rings is 1. The Morgan fingerprint density at radius 2 is 1.93 bits per heavy atom. The molecule has 1 fully saturated rings. The summed E-state index contributed by atoms with van der Waals surface area (Å²) >= 11 is 0. The number of ether oxygens (including phenoxy) is 1. The third-order valence-corrected chi connectivity index (χ3v) is 4.96. The molecule has 3 aromatic rings. The Morgan fingerprint density at radius 1 is 1.14 bits per heavy atom. The van der Waals surface area contributed by atoms with Crippen molar-refractivity contribution in [3.63, 3.8) is 0 Å². The van der Waals surface area contributed by atoms with E-state index in [-0.39, 0.29) is 5.97 Å². The van der Waals surface area contributed by atoms with Crippen LogP contribution in [0.25, 0.3) is 16.7 Å². The third kappa shape index (κ3) is 4.16. The predicted molar refractivity (Wildman–Crippen MR) is 112 cm³/mol. The summed E-state index contributed by atoms with van der Waals surface area (Å²) in [4.78, 5) is 21.0. The monoisotopic (exact) mass is 380 g/mol. The first-order valence-electron chi connectivity index (χ1n) is 10.0. The minimum absolute atomic E-state index is 0.337. The molecular formula is C22H28N4O2. The van der Waals surface area contributed by atoms with Crippen molar-refractivity contribution in [2.24, 2.45) is 0 Å². The standard InChI is InChI=1S/C20H22N4O2.C2H6/c1-26-19(25)16-8-5-9-17-15(16)11-13-24(17)18-10-12-21-20(23-18)22-14-6-3-2-4-7-14;1-2/h5,8-14H,2-4,6-7H2,1H3,(H,21,22,23);1-2H3. The predicted octanol–water partition coefficient (Wildman–Crippen LogP) is 4.98. The van der Waals surface area contributed by atoms with Crippen LogP contribution in [-0.4, -0.2) is 33.7 Å². The highest BCUT2D eigenvalue weighted by atomic mass is 16.5. The fraction of sp³-hybridized carbons (Fsp3) is 0.409. The minimum atomic E-state index is -0.337. The van der Waals surface area contributed by atoms with E-state index < -0.39 is 0 Å². The Morgan fingerprint density at radius 3 is 2.68 bits per heavy atom. The van der Waals surface area contributed by atoms with Crippen molar-refractivity contribution in [1.82, 2.24) is 14.5 Å². The maximum atomic E-state index is 12.0. The first kappa shape index (κ1) is 19.9. The van der Waals surface area contributed by atoms with E-state index in [1.165, 1.54) is 39.2 Å². The highest BCUT2D eigenvalue weighted by Crippen LogP contribution is 2.24. The van der Waals surface area contributed by atoms with Gasteiger partial charge in [0.1, 0.15) is 5.82 Å². The van der Waals surface area contributed by atoms with Gasteiger partial charge in [-0.1, -0.05) is 39.2 Å². The van der Waals surface area contributed by atoms with Crippen LogP contribution in [0.4, 0.5) is 5.95 Å². The Bertz CT molecular complexity index is 929. The van der Waals surface area contributed by atoms with Crippen LogP contribution in [0.15, 0.2) is 42.7 Å². The molecule has 0 atom stereocenters. The van der Waals surface area contributed by atoms with Crippen LogP contribution in [0.5, 0.6) is 0 Å². The molecule has 6 heteroatoms. The molecule has 1 aromatic carbocycles. The maximum absolute atomic E-state index is 12.0. The molecule has 148 valence electrons. The van der Waals surface area contributed by atoms with Crippen molar-refractivity contribution < 1.29 is 9.53 Å².